The second-order valence-electron chi connectivity index (χ2n) is 8.74. The minimum atomic E-state index is -4.52. The molecule has 1 atom stereocenters. The van der Waals surface area contributed by atoms with Gasteiger partial charge in [-0.05, 0) is 31.2 Å². The van der Waals surface area contributed by atoms with Crippen LogP contribution in [-0.2, 0) is 33.1 Å². The number of halogens is 3. The van der Waals surface area contributed by atoms with Crippen molar-refractivity contribution in [2.75, 3.05) is 18.6 Å². The molecule has 9 nitrogen and oxygen atoms in total. The van der Waals surface area contributed by atoms with Crippen molar-refractivity contribution in [1.29, 1.82) is 0 Å². The fourth-order valence-electron chi connectivity index (χ4n) is 3.94. The van der Waals surface area contributed by atoms with Crippen molar-refractivity contribution in [2.45, 2.75) is 37.5 Å². The average molecular weight is 575 g/mol. The number of hydrogen-bond donors (Lipinski definition) is 0. The topological polar surface area (TPSA) is 110 Å². The number of pyridine rings is 1. The molecular formula is C27H25F3N4O5S. The molecule has 0 saturated carbocycles. The van der Waals surface area contributed by atoms with E-state index in [9.17, 15) is 27.3 Å². The van der Waals surface area contributed by atoms with E-state index >= 15 is 0 Å². The lowest BCUT2D eigenvalue weighted by atomic mass is 10.2. The lowest BCUT2D eigenvalue weighted by Crippen LogP contribution is -2.33. The fraction of sp³-hybridized carbons (Fsp3) is 0.259. The lowest BCUT2D eigenvalue weighted by Gasteiger charge is -2.22. The summed E-state index contributed by atoms with van der Waals surface area (Å²) in [6.45, 7) is 1.28. The second kappa shape index (κ2) is 12.0. The van der Waals surface area contributed by atoms with E-state index in [4.69, 9.17) is 9.47 Å². The first-order valence-corrected chi connectivity index (χ1v) is 13.3. The van der Waals surface area contributed by atoms with Gasteiger partial charge in [0.1, 0.15) is 12.4 Å². The Morgan fingerprint density at radius 1 is 1.10 bits per heavy atom. The molecule has 0 spiro atoms. The van der Waals surface area contributed by atoms with Gasteiger partial charge in [-0.1, -0.05) is 30.3 Å². The number of hydrogen-bond acceptors (Lipinski definition) is 7. The predicted octanol–water partition coefficient (Wildman–Crippen LogP) is 5.16. The van der Waals surface area contributed by atoms with Gasteiger partial charge < -0.3 is 14.0 Å². The summed E-state index contributed by atoms with van der Waals surface area (Å²) in [6, 6.07) is 14.4. The van der Waals surface area contributed by atoms with Crippen molar-refractivity contribution < 1.29 is 36.8 Å². The number of carbonyl (C=O) groups is 2. The predicted molar refractivity (Wildman–Crippen MR) is 141 cm³/mol. The van der Waals surface area contributed by atoms with E-state index in [0.29, 0.717) is 27.8 Å². The maximum absolute atomic E-state index is 13.9. The van der Waals surface area contributed by atoms with Crippen LogP contribution in [0.4, 0.5) is 23.7 Å². The molecule has 210 valence electrons. The molecule has 4 rings (SSSR count). The normalized spacial score (nSPS) is 12.3. The molecule has 0 aliphatic heterocycles. The zero-order valence-electron chi connectivity index (χ0n) is 21.8. The molecule has 0 radical (unpaired) electrons. The molecule has 4 aromatic rings. The third-order valence-corrected chi connectivity index (χ3v) is 7.13. The molecule has 0 N–H and O–H groups in total. The van der Waals surface area contributed by atoms with Crippen molar-refractivity contribution in [3.05, 3.63) is 77.6 Å². The van der Waals surface area contributed by atoms with Crippen molar-refractivity contribution in [3.8, 4) is 5.75 Å². The third kappa shape index (κ3) is 6.54. The number of aromatic nitrogens is 3. The van der Waals surface area contributed by atoms with Crippen LogP contribution in [-0.4, -0.2) is 50.9 Å². The zero-order chi connectivity index (χ0) is 29.0. The number of para-hydroxylation sites is 3. The van der Waals surface area contributed by atoms with Crippen molar-refractivity contribution in [1.82, 2.24) is 14.5 Å². The van der Waals surface area contributed by atoms with E-state index in [0.717, 1.165) is 0 Å². The van der Waals surface area contributed by atoms with E-state index in [-0.39, 0.29) is 29.0 Å². The van der Waals surface area contributed by atoms with E-state index in [1.54, 1.807) is 48.5 Å². The highest BCUT2D eigenvalue weighted by atomic mass is 32.2. The van der Waals surface area contributed by atoms with Crippen LogP contribution in [0.2, 0.25) is 0 Å². The number of anilines is 1. The second-order valence-corrected chi connectivity index (χ2v) is 10.1. The molecule has 0 aliphatic carbocycles. The van der Waals surface area contributed by atoms with Crippen molar-refractivity contribution in [3.63, 3.8) is 0 Å². The molecule has 0 aliphatic rings. The quantitative estimate of drug-likeness (QED) is 0.211. The van der Waals surface area contributed by atoms with Gasteiger partial charge in [-0.2, -0.15) is 18.2 Å². The van der Waals surface area contributed by atoms with Crippen LogP contribution in [0.3, 0.4) is 0 Å². The first-order valence-electron chi connectivity index (χ1n) is 12.0. The maximum atomic E-state index is 13.9. The Morgan fingerprint density at radius 3 is 2.52 bits per heavy atom. The Kier molecular flexibility index (Phi) is 8.64. The Hall–Kier alpha value is -4.10. The first kappa shape index (κ1) is 28.9. The number of rotatable bonds is 8. The van der Waals surface area contributed by atoms with Gasteiger partial charge in [0.2, 0.25) is 0 Å². The molecule has 40 heavy (non-hydrogen) atoms. The van der Waals surface area contributed by atoms with Gasteiger partial charge >= 0.3 is 23.3 Å². The summed E-state index contributed by atoms with van der Waals surface area (Å²) in [5.41, 5.74) is 2.42. The summed E-state index contributed by atoms with van der Waals surface area (Å²) in [6.07, 6.45) is -3.25. The summed E-state index contributed by atoms with van der Waals surface area (Å²) in [7, 11) is 1.53. The van der Waals surface area contributed by atoms with Crippen molar-refractivity contribution >= 4 is 39.9 Å². The van der Waals surface area contributed by atoms with Gasteiger partial charge in [-0.15, -0.1) is 0 Å². The zero-order valence-corrected chi connectivity index (χ0v) is 22.6. The first-order chi connectivity index (χ1) is 19.0. The minimum absolute atomic E-state index is 0.0342. The van der Waals surface area contributed by atoms with E-state index in [1.807, 2.05) is 0 Å². The van der Waals surface area contributed by atoms with E-state index < -0.39 is 36.0 Å². The molecule has 0 fully saturated rings. The Bertz CT molecular complexity index is 1540. The summed E-state index contributed by atoms with van der Waals surface area (Å²) in [4.78, 5) is 35.2. The van der Waals surface area contributed by atoms with Crippen LogP contribution in [0, 0.1) is 6.92 Å². The van der Waals surface area contributed by atoms with E-state index in [1.165, 1.54) is 42.6 Å². The largest absolute Gasteiger partial charge is 0.609 e. The number of nitrogens with zero attached hydrogens (tertiary/aromatic N) is 4. The Morgan fingerprint density at radius 2 is 1.80 bits per heavy atom. The summed E-state index contributed by atoms with van der Waals surface area (Å²) in [5, 5.41) is -0.0571. The third-order valence-electron chi connectivity index (χ3n) is 5.91. The SMILES string of the molecule is CC(=O)OCc1ccccc1N(C)C(=O)n1c([S+]([O-])Cc2nccc(OCC(F)(F)F)c2C)nc2ccccc21. The van der Waals surface area contributed by atoms with Crippen LogP contribution < -0.4 is 9.64 Å². The number of fused-ring (bicyclic) bond motifs is 1. The smallest absolute Gasteiger partial charge is 0.422 e. The number of ether oxygens (including phenoxy) is 2. The lowest BCUT2D eigenvalue weighted by molar-refractivity contribution is -0.153. The molecule has 13 heteroatoms. The monoisotopic (exact) mass is 574 g/mol. The number of imidazole rings is 1. The minimum Gasteiger partial charge on any atom is -0.609 e. The van der Waals surface area contributed by atoms with Gasteiger partial charge in [0, 0.05) is 42.5 Å². The van der Waals surface area contributed by atoms with Gasteiger partial charge in [0.15, 0.2) is 12.4 Å². The number of alkyl halides is 3. The Labute approximate surface area is 230 Å². The Balaban J connectivity index is 1.68. The van der Waals surface area contributed by atoms with Gasteiger partial charge in [0.25, 0.3) is 0 Å². The highest BCUT2D eigenvalue weighted by Crippen LogP contribution is 2.29. The highest BCUT2D eigenvalue weighted by Gasteiger charge is 2.31. The van der Waals surface area contributed by atoms with Crippen LogP contribution >= 0.6 is 0 Å². The number of benzene rings is 2. The summed E-state index contributed by atoms with van der Waals surface area (Å²) in [5.74, 6) is -0.731. The van der Waals surface area contributed by atoms with E-state index in [2.05, 4.69) is 9.97 Å². The molecule has 1 amide bonds. The van der Waals surface area contributed by atoms with Gasteiger partial charge in [0.05, 0.1) is 22.4 Å². The molecule has 2 aromatic heterocycles. The number of carbonyl (C=O) groups excluding carboxylic acids is 2. The molecule has 2 heterocycles. The van der Waals surface area contributed by atoms with Crippen LogP contribution in [0.1, 0.15) is 23.7 Å². The van der Waals surface area contributed by atoms with Gasteiger partial charge in [-0.3, -0.25) is 14.7 Å². The summed E-state index contributed by atoms with van der Waals surface area (Å²) < 4.78 is 62.8. The molecule has 2 aromatic carbocycles. The number of amides is 1. The standard InChI is InChI=1S/C27H25F3N4O5S/c1-17-21(31-13-12-24(17)39-16-27(28,29)30)15-40(37)25-32-20-9-5-7-11-23(20)34(25)26(36)33(3)22-10-6-4-8-19(22)14-38-18(2)35/h4-13H,14-16H2,1-3H3. The highest BCUT2D eigenvalue weighted by molar-refractivity contribution is 7.90. The van der Waals surface area contributed by atoms with Gasteiger partial charge in [-0.25, -0.2) is 9.36 Å². The molecule has 1 unspecified atom stereocenters. The molecular weight excluding hydrogens is 549 g/mol. The molecule has 0 saturated heterocycles. The number of esters is 1. The van der Waals surface area contributed by atoms with Crippen LogP contribution in [0.5, 0.6) is 5.75 Å². The maximum Gasteiger partial charge on any atom is 0.422 e. The van der Waals surface area contributed by atoms with Crippen molar-refractivity contribution in [2.24, 2.45) is 0 Å². The van der Waals surface area contributed by atoms with Crippen LogP contribution in [0.25, 0.3) is 11.0 Å². The fourth-order valence-corrected chi connectivity index (χ4v) is 5.19. The summed E-state index contributed by atoms with van der Waals surface area (Å²) >= 11 is -1.93. The average Bonchev–Trinajstić information content (AvgIpc) is 3.31. The molecule has 0 bridgehead atoms. The van der Waals surface area contributed by atoms with Crippen LogP contribution in [0.15, 0.2) is 66.0 Å².